The molecule has 0 fully saturated rings. The van der Waals surface area contributed by atoms with Crippen LogP contribution in [0.25, 0.3) is 11.3 Å². The van der Waals surface area contributed by atoms with Gasteiger partial charge in [0.15, 0.2) is 0 Å². The number of carbonyl (C=O) groups excluding carboxylic acids is 2. The molecule has 0 aliphatic carbocycles. The van der Waals surface area contributed by atoms with E-state index < -0.39 is 18.3 Å². The Morgan fingerprint density at radius 2 is 1.86 bits per heavy atom. The number of ketones is 1. The van der Waals surface area contributed by atoms with Crippen molar-refractivity contribution in [2.75, 3.05) is 4.90 Å². The molecule has 0 atom stereocenters. The quantitative estimate of drug-likeness (QED) is 0.498. The Hall–Kier alpha value is -3.56. The molecule has 0 saturated heterocycles. The number of fused-ring (bicyclic) bond motifs is 1. The molecule has 0 spiro atoms. The maximum absolute atomic E-state index is 13.4. The number of aromatic nitrogens is 4. The molecule has 4 rings (SSSR count). The van der Waals surface area contributed by atoms with Crippen molar-refractivity contribution in [3.63, 3.8) is 0 Å². The second-order valence-electron chi connectivity index (χ2n) is 9.64. The van der Waals surface area contributed by atoms with Gasteiger partial charge in [-0.05, 0) is 44.0 Å². The van der Waals surface area contributed by atoms with Crippen LogP contribution >= 0.6 is 0 Å². The molecule has 0 N–H and O–H groups in total. The number of anilines is 1. The van der Waals surface area contributed by atoms with Gasteiger partial charge in [0, 0.05) is 36.5 Å². The lowest BCUT2D eigenvalue weighted by atomic mass is 9.95. The third kappa shape index (κ3) is 4.69. The van der Waals surface area contributed by atoms with Crippen molar-refractivity contribution in [2.24, 2.45) is 5.92 Å². The third-order valence-corrected chi connectivity index (χ3v) is 6.10. The van der Waals surface area contributed by atoms with Gasteiger partial charge in [-0.2, -0.15) is 18.3 Å². The molecule has 0 bridgehead atoms. The van der Waals surface area contributed by atoms with Crippen molar-refractivity contribution in [3.8, 4) is 11.3 Å². The number of nitrogens with zero attached hydrogens (tertiary/aromatic N) is 5. The Bertz CT molecular complexity index is 1310. The molecular weight excluding hydrogens is 459 g/mol. The molecule has 3 aromatic rings. The smallest absolute Gasteiger partial charge is 0.299 e. The molecule has 0 saturated carbocycles. The van der Waals surface area contributed by atoms with Crippen molar-refractivity contribution in [1.82, 2.24) is 19.7 Å². The van der Waals surface area contributed by atoms with Gasteiger partial charge in [0.25, 0.3) is 5.91 Å². The molecule has 0 radical (unpaired) electrons. The standard InChI is InChI=1S/C25H26F3N5O2/c1-14(2)20(34)8-16-7-17(10-29-9-16)19-6-15(3)21-22(31-19)24(4,5)33(23(21)35)18-11-30-32(12-18)13-25(26,27)28/h6-7,9-12,14H,8,13H2,1-5H3. The summed E-state index contributed by atoms with van der Waals surface area (Å²) in [7, 11) is 0. The van der Waals surface area contributed by atoms with Gasteiger partial charge in [-0.15, -0.1) is 0 Å². The van der Waals surface area contributed by atoms with E-state index >= 15 is 0 Å². The molecule has 3 aromatic heterocycles. The third-order valence-electron chi connectivity index (χ3n) is 6.10. The molecule has 1 aliphatic heterocycles. The number of hydrogen-bond acceptors (Lipinski definition) is 5. The average Bonchev–Trinajstić information content (AvgIpc) is 3.26. The van der Waals surface area contributed by atoms with Crippen LogP contribution in [0, 0.1) is 12.8 Å². The van der Waals surface area contributed by atoms with Crippen molar-refractivity contribution >= 4 is 17.4 Å². The Balaban J connectivity index is 1.71. The predicted molar refractivity (Wildman–Crippen MR) is 124 cm³/mol. The van der Waals surface area contributed by atoms with Crippen molar-refractivity contribution in [1.29, 1.82) is 0 Å². The lowest BCUT2D eigenvalue weighted by Gasteiger charge is -2.30. The van der Waals surface area contributed by atoms with E-state index in [2.05, 4.69) is 10.1 Å². The Morgan fingerprint density at radius 1 is 1.14 bits per heavy atom. The number of carbonyl (C=O) groups is 2. The molecular formula is C25H26F3N5O2. The van der Waals surface area contributed by atoms with Gasteiger partial charge in [0.05, 0.1) is 34.4 Å². The second-order valence-corrected chi connectivity index (χ2v) is 9.64. The van der Waals surface area contributed by atoms with E-state index in [9.17, 15) is 22.8 Å². The summed E-state index contributed by atoms with van der Waals surface area (Å²) >= 11 is 0. The van der Waals surface area contributed by atoms with E-state index in [4.69, 9.17) is 4.98 Å². The summed E-state index contributed by atoms with van der Waals surface area (Å²) in [6.07, 6.45) is 1.62. The number of halogens is 3. The fourth-order valence-corrected chi connectivity index (χ4v) is 4.31. The number of hydrogen-bond donors (Lipinski definition) is 0. The molecule has 7 nitrogen and oxygen atoms in total. The molecule has 0 aromatic carbocycles. The summed E-state index contributed by atoms with van der Waals surface area (Å²) in [6.45, 7) is 7.85. The highest BCUT2D eigenvalue weighted by Gasteiger charge is 2.47. The first kappa shape index (κ1) is 24.6. The van der Waals surface area contributed by atoms with Crippen LogP contribution in [0.2, 0.25) is 0 Å². The van der Waals surface area contributed by atoms with Crippen LogP contribution in [-0.4, -0.2) is 37.6 Å². The highest BCUT2D eigenvalue weighted by atomic mass is 19.4. The Labute approximate surface area is 201 Å². The summed E-state index contributed by atoms with van der Waals surface area (Å²) in [4.78, 5) is 36.1. The van der Waals surface area contributed by atoms with E-state index in [1.807, 2.05) is 19.9 Å². The summed E-state index contributed by atoms with van der Waals surface area (Å²) in [5, 5.41) is 3.79. The predicted octanol–water partition coefficient (Wildman–Crippen LogP) is 4.87. The average molecular weight is 486 g/mol. The van der Waals surface area contributed by atoms with Crippen LogP contribution in [-0.2, 0) is 23.3 Å². The van der Waals surface area contributed by atoms with Crippen LogP contribution in [0.4, 0.5) is 18.9 Å². The molecule has 4 heterocycles. The van der Waals surface area contributed by atoms with Gasteiger partial charge in [-0.3, -0.25) is 24.2 Å². The van der Waals surface area contributed by atoms with Gasteiger partial charge in [0.2, 0.25) is 0 Å². The van der Waals surface area contributed by atoms with Crippen molar-refractivity contribution in [2.45, 2.75) is 59.3 Å². The number of rotatable bonds is 6. The van der Waals surface area contributed by atoms with Crippen molar-refractivity contribution < 1.29 is 22.8 Å². The van der Waals surface area contributed by atoms with Crippen LogP contribution < -0.4 is 4.90 Å². The van der Waals surface area contributed by atoms with Crippen LogP contribution in [0.5, 0.6) is 0 Å². The number of Topliss-reactive ketones (excluding diaryl/α,β-unsaturated/α-hetero) is 1. The van der Waals surface area contributed by atoms with Crippen molar-refractivity contribution in [3.05, 3.63) is 59.3 Å². The van der Waals surface area contributed by atoms with Crippen LogP contribution in [0.3, 0.4) is 0 Å². The Kier molecular flexibility index (Phi) is 6.02. The largest absolute Gasteiger partial charge is 0.408 e. The number of pyridine rings is 2. The first-order chi connectivity index (χ1) is 16.3. The Morgan fingerprint density at radius 3 is 2.51 bits per heavy atom. The van der Waals surface area contributed by atoms with Crippen LogP contribution in [0.1, 0.15) is 54.9 Å². The van der Waals surface area contributed by atoms with Gasteiger partial charge in [0.1, 0.15) is 12.3 Å². The minimum absolute atomic E-state index is 0.0858. The molecule has 1 aliphatic rings. The van der Waals surface area contributed by atoms with Gasteiger partial charge >= 0.3 is 6.18 Å². The topological polar surface area (TPSA) is 81.0 Å². The molecule has 10 heteroatoms. The second kappa shape index (κ2) is 8.58. The van der Waals surface area contributed by atoms with E-state index in [-0.39, 0.29) is 29.7 Å². The lowest BCUT2D eigenvalue weighted by molar-refractivity contribution is -0.142. The summed E-state index contributed by atoms with van der Waals surface area (Å²) < 4.78 is 39.1. The lowest BCUT2D eigenvalue weighted by Crippen LogP contribution is -2.39. The maximum Gasteiger partial charge on any atom is 0.408 e. The number of alkyl halides is 3. The van der Waals surface area contributed by atoms with E-state index in [0.717, 1.165) is 10.2 Å². The minimum Gasteiger partial charge on any atom is -0.299 e. The number of amides is 1. The molecule has 1 amide bonds. The fraction of sp³-hybridized carbons (Fsp3) is 0.400. The first-order valence-corrected chi connectivity index (χ1v) is 11.2. The maximum atomic E-state index is 13.4. The van der Waals surface area contributed by atoms with Gasteiger partial charge in [-0.1, -0.05) is 13.8 Å². The normalized spacial score (nSPS) is 15.1. The molecule has 35 heavy (non-hydrogen) atoms. The zero-order chi connectivity index (χ0) is 25.7. The minimum atomic E-state index is -4.42. The molecule has 184 valence electrons. The first-order valence-electron chi connectivity index (χ1n) is 11.2. The summed E-state index contributed by atoms with van der Waals surface area (Å²) in [6, 6.07) is 3.65. The van der Waals surface area contributed by atoms with Gasteiger partial charge in [-0.25, -0.2) is 4.98 Å². The van der Waals surface area contributed by atoms with E-state index in [1.165, 1.54) is 17.3 Å². The van der Waals surface area contributed by atoms with E-state index in [0.29, 0.717) is 28.1 Å². The fourth-order valence-electron chi connectivity index (χ4n) is 4.31. The highest BCUT2D eigenvalue weighted by molar-refractivity contribution is 6.12. The zero-order valence-corrected chi connectivity index (χ0v) is 20.1. The zero-order valence-electron chi connectivity index (χ0n) is 20.1. The monoisotopic (exact) mass is 485 g/mol. The highest BCUT2D eigenvalue weighted by Crippen LogP contribution is 2.43. The molecule has 0 unspecified atom stereocenters. The summed E-state index contributed by atoms with van der Waals surface area (Å²) in [5.41, 5.74) is 3.04. The SMILES string of the molecule is Cc1cc(-c2cncc(CC(=O)C(C)C)c2)nc2c1C(=O)N(c1cnn(CC(F)(F)F)c1)C2(C)C. The summed E-state index contributed by atoms with van der Waals surface area (Å²) in [5.74, 6) is -0.324. The number of aryl methyl sites for hydroxylation is 1. The van der Waals surface area contributed by atoms with Gasteiger partial charge < -0.3 is 0 Å². The van der Waals surface area contributed by atoms with E-state index in [1.54, 1.807) is 39.2 Å². The van der Waals surface area contributed by atoms with Crippen LogP contribution in [0.15, 0.2) is 36.9 Å².